The summed E-state index contributed by atoms with van der Waals surface area (Å²) in [6.07, 6.45) is -0.850. The Hall–Kier alpha value is -1.43. The van der Waals surface area contributed by atoms with Crippen LogP contribution in [0.5, 0.6) is 0 Å². The number of carbonyl (C=O) groups excluding carboxylic acids is 1. The van der Waals surface area contributed by atoms with E-state index in [2.05, 4.69) is 4.90 Å². The average Bonchev–Trinajstić information content (AvgIpc) is 2.56. The second kappa shape index (κ2) is 8.27. The molecule has 2 rings (SSSR count). The number of aliphatic hydroxyl groups is 1. The molecular weight excluding hydrogens is 280 g/mol. The fourth-order valence-corrected chi connectivity index (χ4v) is 2.75. The first-order valence-electron chi connectivity index (χ1n) is 7.97. The van der Waals surface area contributed by atoms with E-state index >= 15 is 0 Å². The van der Waals surface area contributed by atoms with Gasteiger partial charge < -0.3 is 14.7 Å². The van der Waals surface area contributed by atoms with E-state index in [0.29, 0.717) is 26.2 Å². The van der Waals surface area contributed by atoms with Crippen LogP contribution < -0.4 is 0 Å². The van der Waals surface area contributed by atoms with E-state index in [-0.39, 0.29) is 12.0 Å². The molecule has 1 aliphatic heterocycles. The van der Waals surface area contributed by atoms with Crippen molar-refractivity contribution in [3.05, 3.63) is 35.9 Å². The molecule has 0 aliphatic carbocycles. The summed E-state index contributed by atoms with van der Waals surface area (Å²) in [5, 5.41) is 10.3. The minimum absolute atomic E-state index is 0.0603. The van der Waals surface area contributed by atoms with Gasteiger partial charge >= 0.3 is 0 Å². The number of hydrogen-bond donors (Lipinski definition) is 1. The highest BCUT2D eigenvalue weighted by molar-refractivity contribution is 5.80. The standard InChI is InChI=1S/C17H26N2O3/c1-3-22-14(2)17(21)19-11-9-18(10-12-19)13-16(20)15-7-5-4-6-8-15/h4-8,14,16,20H,3,9-13H2,1-2H3/t14-,16-/m1/s1. The van der Waals surface area contributed by atoms with Crippen LogP contribution >= 0.6 is 0 Å². The Labute approximate surface area is 132 Å². The van der Waals surface area contributed by atoms with Crippen LogP contribution in [-0.2, 0) is 9.53 Å². The van der Waals surface area contributed by atoms with Crippen molar-refractivity contribution in [2.24, 2.45) is 0 Å². The Morgan fingerprint density at radius 3 is 2.45 bits per heavy atom. The summed E-state index contributed by atoms with van der Waals surface area (Å²) in [6.45, 7) is 7.81. The van der Waals surface area contributed by atoms with Gasteiger partial charge in [-0.2, -0.15) is 0 Å². The molecule has 2 atom stereocenters. The molecular formula is C17H26N2O3. The van der Waals surface area contributed by atoms with E-state index in [1.807, 2.05) is 42.2 Å². The molecule has 5 heteroatoms. The minimum Gasteiger partial charge on any atom is -0.387 e. The molecule has 1 heterocycles. The van der Waals surface area contributed by atoms with Crippen LogP contribution in [0.3, 0.4) is 0 Å². The van der Waals surface area contributed by atoms with Crippen molar-refractivity contribution in [1.82, 2.24) is 9.80 Å². The molecule has 1 aromatic rings. The first kappa shape index (κ1) is 16.9. The van der Waals surface area contributed by atoms with Gasteiger partial charge in [-0.15, -0.1) is 0 Å². The molecule has 1 aromatic carbocycles. The van der Waals surface area contributed by atoms with Gasteiger partial charge in [0.2, 0.25) is 0 Å². The van der Waals surface area contributed by atoms with Crippen molar-refractivity contribution in [2.45, 2.75) is 26.1 Å². The fourth-order valence-electron chi connectivity index (χ4n) is 2.75. The zero-order chi connectivity index (χ0) is 15.9. The Morgan fingerprint density at radius 1 is 1.23 bits per heavy atom. The Kier molecular flexibility index (Phi) is 6.36. The number of rotatable bonds is 6. The molecule has 0 bridgehead atoms. The lowest BCUT2D eigenvalue weighted by molar-refractivity contribution is -0.144. The first-order chi connectivity index (χ1) is 10.6. The third-order valence-electron chi connectivity index (χ3n) is 4.06. The number of benzene rings is 1. The molecule has 5 nitrogen and oxygen atoms in total. The van der Waals surface area contributed by atoms with E-state index < -0.39 is 6.10 Å². The van der Waals surface area contributed by atoms with Crippen molar-refractivity contribution in [3.63, 3.8) is 0 Å². The number of nitrogens with zero attached hydrogens (tertiary/aromatic N) is 2. The maximum absolute atomic E-state index is 12.2. The van der Waals surface area contributed by atoms with Crippen LogP contribution in [0, 0.1) is 0 Å². The van der Waals surface area contributed by atoms with Gasteiger partial charge in [0, 0.05) is 39.3 Å². The normalized spacial score (nSPS) is 19.0. The van der Waals surface area contributed by atoms with Crippen LogP contribution in [0.25, 0.3) is 0 Å². The summed E-state index contributed by atoms with van der Waals surface area (Å²) in [5.41, 5.74) is 0.936. The molecule has 22 heavy (non-hydrogen) atoms. The number of aliphatic hydroxyl groups excluding tert-OH is 1. The largest absolute Gasteiger partial charge is 0.387 e. The average molecular weight is 306 g/mol. The molecule has 122 valence electrons. The quantitative estimate of drug-likeness (QED) is 0.860. The van der Waals surface area contributed by atoms with E-state index in [0.717, 1.165) is 18.7 Å². The zero-order valence-electron chi connectivity index (χ0n) is 13.4. The van der Waals surface area contributed by atoms with Crippen LogP contribution in [0.2, 0.25) is 0 Å². The lowest BCUT2D eigenvalue weighted by Gasteiger charge is -2.36. The van der Waals surface area contributed by atoms with Gasteiger partial charge in [0.25, 0.3) is 5.91 Å². The van der Waals surface area contributed by atoms with Crippen LogP contribution in [0.15, 0.2) is 30.3 Å². The van der Waals surface area contributed by atoms with Crippen molar-refractivity contribution in [3.8, 4) is 0 Å². The van der Waals surface area contributed by atoms with Gasteiger partial charge in [0.05, 0.1) is 6.10 Å². The SMILES string of the molecule is CCO[C@H](C)C(=O)N1CCN(C[C@@H](O)c2ccccc2)CC1. The number of amides is 1. The van der Waals surface area contributed by atoms with E-state index in [1.165, 1.54) is 0 Å². The van der Waals surface area contributed by atoms with Crippen LogP contribution in [0.1, 0.15) is 25.5 Å². The predicted octanol–water partition coefficient (Wildman–Crippen LogP) is 1.29. The van der Waals surface area contributed by atoms with E-state index in [4.69, 9.17) is 4.74 Å². The maximum Gasteiger partial charge on any atom is 0.251 e. The third kappa shape index (κ3) is 4.53. The summed E-state index contributed by atoms with van der Waals surface area (Å²) in [6, 6.07) is 9.69. The number of ether oxygens (including phenoxy) is 1. The maximum atomic E-state index is 12.2. The Balaban J connectivity index is 1.79. The molecule has 1 saturated heterocycles. The van der Waals surface area contributed by atoms with Gasteiger partial charge in [-0.25, -0.2) is 0 Å². The Bertz CT molecular complexity index is 458. The van der Waals surface area contributed by atoms with Gasteiger partial charge in [-0.3, -0.25) is 9.69 Å². The monoisotopic (exact) mass is 306 g/mol. The predicted molar refractivity (Wildman–Crippen MR) is 85.5 cm³/mol. The fraction of sp³-hybridized carbons (Fsp3) is 0.588. The molecule has 1 aliphatic rings. The van der Waals surface area contributed by atoms with Gasteiger partial charge in [0.15, 0.2) is 0 Å². The minimum atomic E-state index is -0.481. The smallest absolute Gasteiger partial charge is 0.251 e. The topological polar surface area (TPSA) is 53.0 Å². The summed E-state index contributed by atoms with van der Waals surface area (Å²) < 4.78 is 5.36. The summed E-state index contributed by atoms with van der Waals surface area (Å²) in [7, 11) is 0. The number of piperazine rings is 1. The molecule has 1 N–H and O–H groups in total. The molecule has 1 amide bonds. The molecule has 0 spiro atoms. The van der Waals surface area contributed by atoms with Crippen molar-refractivity contribution in [1.29, 1.82) is 0 Å². The van der Waals surface area contributed by atoms with E-state index in [9.17, 15) is 9.90 Å². The van der Waals surface area contributed by atoms with Crippen molar-refractivity contribution >= 4 is 5.91 Å². The summed E-state index contributed by atoms with van der Waals surface area (Å²) >= 11 is 0. The number of carbonyl (C=O) groups is 1. The second-order valence-corrected chi connectivity index (χ2v) is 5.65. The van der Waals surface area contributed by atoms with Gasteiger partial charge in [-0.1, -0.05) is 30.3 Å². The second-order valence-electron chi connectivity index (χ2n) is 5.65. The first-order valence-corrected chi connectivity index (χ1v) is 7.97. The van der Waals surface area contributed by atoms with Crippen molar-refractivity contribution in [2.75, 3.05) is 39.3 Å². The Morgan fingerprint density at radius 2 is 1.86 bits per heavy atom. The summed E-state index contributed by atoms with van der Waals surface area (Å²) in [4.78, 5) is 16.2. The number of hydrogen-bond acceptors (Lipinski definition) is 4. The highest BCUT2D eigenvalue weighted by Crippen LogP contribution is 2.15. The lowest BCUT2D eigenvalue weighted by Crippen LogP contribution is -2.52. The van der Waals surface area contributed by atoms with Gasteiger partial charge in [-0.05, 0) is 19.4 Å². The molecule has 0 radical (unpaired) electrons. The number of β-amino-alcohol motifs (C(OH)–C–C–N with tert-alkyl or cyclic N) is 1. The highest BCUT2D eigenvalue weighted by Gasteiger charge is 2.26. The highest BCUT2D eigenvalue weighted by atomic mass is 16.5. The van der Waals surface area contributed by atoms with Gasteiger partial charge in [0.1, 0.15) is 6.10 Å². The molecule has 0 unspecified atom stereocenters. The van der Waals surface area contributed by atoms with Crippen LogP contribution in [0.4, 0.5) is 0 Å². The lowest BCUT2D eigenvalue weighted by atomic mass is 10.1. The molecule has 0 saturated carbocycles. The third-order valence-corrected chi connectivity index (χ3v) is 4.06. The van der Waals surface area contributed by atoms with E-state index in [1.54, 1.807) is 6.92 Å². The zero-order valence-corrected chi connectivity index (χ0v) is 13.4. The molecule has 1 fully saturated rings. The van der Waals surface area contributed by atoms with Crippen LogP contribution in [-0.4, -0.2) is 66.2 Å². The van der Waals surface area contributed by atoms with Crippen molar-refractivity contribution < 1.29 is 14.6 Å². The summed E-state index contributed by atoms with van der Waals surface area (Å²) in [5.74, 6) is 0.0603. The molecule has 0 aromatic heterocycles.